The maximum atomic E-state index is 11.9. The first kappa shape index (κ1) is 12.6. The van der Waals surface area contributed by atoms with Crippen LogP contribution in [0.3, 0.4) is 0 Å². The maximum Gasteiger partial charge on any atom is 0.313 e. The van der Waals surface area contributed by atoms with Gasteiger partial charge in [-0.25, -0.2) is 0 Å². The van der Waals surface area contributed by atoms with E-state index >= 15 is 0 Å². The second-order valence-electron chi connectivity index (χ2n) is 4.70. The van der Waals surface area contributed by atoms with Crippen LogP contribution in [-0.4, -0.2) is 29.8 Å². The quantitative estimate of drug-likeness (QED) is 0.769. The summed E-state index contributed by atoms with van der Waals surface area (Å²) in [7, 11) is 0. The number of hydrogen-bond donors (Lipinski definition) is 1. The van der Waals surface area contributed by atoms with Gasteiger partial charge in [-0.2, -0.15) is 0 Å². The van der Waals surface area contributed by atoms with Gasteiger partial charge in [0.05, 0.1) is 0 Å². The molecule has 1 aromatic rings. The number of aryl methyl sites for hydroxylation is 1. The molecule has 2 rings (SSSR count). The van der Waals surface area contributed by atoms with E-state index in [1.807, 2.05) is 32.0 Å². The van der Waals surface area contributed by atoms with Gasteiger partial charge in [-0.3, -0.25) is 9.59 Å². The molecule has 96 valence electrons. The number of carbonyl (C=O) groups is 2. The highest BCUT2D eigenvalue weighted by Gasteiger charge is 2.24. The Morgan fingerprint density at radius 1 is 1.17 bits per heavy atom. The van der Waals surface area contributed by atoms with Gasteiger partial charge in [0.2, 0.25) is 0 Å². The Bertz CT molecular complexity index is 477. The summed E-state index contributed by atoms with van der Waals surface area (Å²) in [4.78, 5) is 25.3. The first-order valence-electron chi connectivity index (χ1n) is 6.26. The topological polar surface area (TPSA) is 49.4 Å². The molecule has 0 aliphatic carbocycles. The van der Waals surface area contributed by atoms with Crippen molar-refractivity contribution in [3.05, 3.63) is 29.3 Å². The lowest BCUT2D eigenvalue weighted by atomic mass is 10.1. The molecule has 2 amide bonds. The van der Waals surface area contributed by atoms with Crippen molar-refractivity contribution in [2.45, 2.75) is 26.7 Å². The standard InChI is InChI=1S/C14H18N2O2/c1-10-6-5-7-12(11(10)2)15-13(17)14(18)16-8-3-4-9-16/h5-7H,3-4,8-9H2,1-2H3,(H,15,17). The molecule has 0 aromatic heterocycles. The van der Waals surface area contributed by atoms with E-state index in [9.17, 15) is 9.59 Å². The zero-order valence-electron chi connectivity index (χ0n) is 10.8. The molecule has 1 aliphatic heterocycles. The highest BCUT2D eigenvalue weighted by molar-refractivity contribution is 6.39. The summed E-state index contributed by atoms with van der Waals surface area (Å²) in [5.74, 6) is -0.959. The van der Waals surface area contributed by atoms with Crippen LogP contribution in [-0.2, 0) is 9.59 Å². The first-order valence-corrected chi connectivity index (χ1v) is 6.26. The highest BCUT2D eigenvalue weighted by atomic mass is 16.2. The van der Waals surface area contributed by atoms with Gasteiger partial charge in [-0.15, -0.1) is 0 Å². The van der Waals surface area contributed by atoms with Crippen LogP contribution in [0.1, 0.15) is 24.0 Å². The molecule has 0 unspecified atom stereocenters. The summed E-state index contributed by atoms with van der Waals surface area (Å²) in [5.41, 5.74) is 2.81. The number of anilines is 1. The van der Waals surface area contributed by atoms with Crippen molar-refractivity contribution >= 4 is 17.5 Å². The minimum Gasteiger partial charge on any atom is -0.334 e. The monoisotopic (exact) mass is 246 g/mol. The molecule has 1 heterocycles. The van der Waals surface area contributed by atoms with E-state index in [0.717, 1.165) is 24.0 Å². The Morgan fingerprint density at radius 3 is 2.50 bits per heavy atom. The SMILES string of the molecule is Cc1cccc(NC(=O)C(=O)N2CCCC2)c1C. The van der Waals surface area contributed by atoms with Gasteiger partial charge in [-0.1, -0.05) is 12.1 Å². The van der Waals surface area contributed by atoms with E-state index < -0.39 is 11.8 Å². The third-order valence-corrected chi connectivity index (χ3v) is 3.44. The molecule has 0 bridgehead atoms. The van der Waals surface area contributed by atoms with Crippen LogP contribution in [0.5, 0.6) is 0 Å². The molecule has 18 heavy (non-hydrogen) atoms. The molecule has 1 aromatic carbocycles. The van der Waals surface area contributed by atoms with Crippen LogP contribution in [0, 0.1) is 13.8 Å². The van der Waals surface area contributed by atoms with Gasteiger partial charge >= 0.3 is 11.8 Å². The summed E-state index contributed by atoms with van der Waals surface area (Å²) in [6.07, 6.45) is 1.98. The smallest absolute Gasteiger partial charge is 0.313 e. The summed E-state index contributed by atoms with van der Waals surface area (Å²) < 4.78 is 0. The van der Waals surface area contributed by atoms with Crippen molar-refractivity contribution in [1.29, 1.82) is 0 Å². The third kappa shape index (κ3) is 2.53. The second-order valence-corrected chi connectivity index (χ2v) is 4.70. The predicted molar refractivity (Wildman–Crippen MR) is 70.4 cm³/mol. The molecule has 1 aliphatic rings. The number of benzene rings is 1. The van der Waals surface area contributed by atoms with Crippen molar-refractivity contribution in [2.24, 2.45) is 0 Å². The van der Waals surface area contributed by atoms with Gasteiger partial charge in [0.1, 0.15) is 0 Å². The summed E-state index contributed by atoms with van der Waals surface area (Å²) in [6, 6.07) is 5.67. The van der Waals surface area contributed by atoms with Crippen LogP contribution >= 0.6 is 0 Å². The minimum absolute atomic E-state index is 0.423. The molecule has 4 heteroatoms. The normalized spacial score (nSPS) is 14.7. The number of nitrogens with one attached hydrogen (secondary N) is 1. The Morgan fingerprint density at radius 2 is 1.83 bits per heavy atom. The lowest BCUT2D eigenvalue weighted by Gasteiger charge is -2.15. The van der Waals surface area contributed by atoms with E-state index in [-0.39, 0.29) is 0 Å². The lowest BCUT2D eigenvalue weighted by Crippen LogP contribution is -2.37. The van der Waals surface area contributed by atoms with E-state index in [1.165, 1.54) is 0 Å². The molecule has 1 fully saturated rings. The molecule has 0 saturated carbocycles. The first-order chi connectivity index (χ1) is 8.59. The predicted octanol–water partition coefficient (Wildman–Crippen LogP) is 1.86. The van der Waals surface area contributed by atoms with Gasteiger partial charge < -0.3 is 10.2 Å². The lowest BCUT2D eigenvalue weighted by molar-refractivity contribution is -0.142. The van der Waals surface area contributed by atoms with Crippen LogP contribution in [0.15, 0.2) is 18.2 Å². The van der Waals surface area contributed by atoms with Crippen LogP contribution < -0.4 is 5.32 Å². The number of carbonyl (C=O) groups excluding carboxylic acids is 2. The van der Waals surface area contributed by atoms with Crippen molar-refractivity contribution < 1.29 is 9.59 Å². The molecule has 0 atom stereocenters. The average Bonchev–Trinajstić information content (AvgIpc) is 2.87. The van der Waals surface area contributed by atoms with Gasteiger partial charge in [0, 0.05) is 18.8 Å². The number of amides is 2. The molecular weight excluding hydrogens is 228 g/mol. The average molecular weight is 246 g/mol. The molecule has 1 saturated heterocycles. The van der Waals surface area contributed by atoms with Gasteiger partial charge in [0.15, 0.2) is 0 Å². The summed E-state index contributed by atoms with van der Waals surface area (Å²) in [5, 5.41) is 2.70. The Kier molecular flexibility index (Phi) is 3.65. The molecule has 0 radical (unpaired) electrons. The Balaban J connectivity index is 2.06. The van der Waals surface area contributed by atoms with Crippen LogP contribution in [0.25, 0.3) is 0 Å². The fourth-order valence-electron chi connectivity index (χ4n) is 2.13. The molecular formula is C14H18N2O2. The van der Waals surface area contributed by atoms with E-state index in [1.54, 1.807) is 4.90 Å². The Hall–Kier alpha value is -1.84. The number of likely N-dealkylation sites (tertiary alicyclic amines) is 1. The van der Waals surface area contributed by atoms with Gasteiger partial charge in [0.25, 0.3) is 0 Å². The van der Waals surface area contributed by atoms with E-state index in [0.29, 0.717) is 18.8 Å². The highest BCUT2D eigenvalue weighted by Crippen LogP contribution is 2.18. The van der Waals surface area contributed by atoms with Crippen molar-refractivity contribution in [2.75, 3.05) is 18.4 Å². The van der Waals surface area contributed by atoms with Crippen LogP contribution in [0.2, 0.25) is 0 Å². The number of rotatable bonds is 1. The Labute approximate surface area is 107 Å². The molecule has 1 N–H and O–H groups in total. The fraction of sp³-hybridized carbons (Fsp3) is 0.429. The maximum absolute atomic E-state index is 11.9. The number of nitrogens with zero attached hydrogens (tertiary/aromatic N) is 1. The largest absolute Gasteiger partial charge is 0.334 e. The second kappa shape index (κ2) is 5.21. The van der Waals surface area contributed by atoms with Gasteiger partial charge in [-0.05, 0) is 43.9 Å². The minimum atomic E-state index is -0.536. The third-order valence-electron chi connectivity index (χ3n) is 3.44. The summed E-state index contributed by atoms with van der Waals surface area (Å²) >= 11 is 0. The zero-order valence-corrected chi connectivity index (χ0v) is 10.8. The number of hydrogen-bond acceptors (Lipinski definition) is 2. The molecule has 0 spiro atoms. The molecule has 4 nitrogen and oxygen atoms in total. The van der Waals surface area contributed by atoms with Crippen LogP contribution in [0.4, 0.5) is 5.69 Å². The van der Waals surface area contributed by atoms with E-state index in [2.05, 4.69) is 5.32 Å². The van der Waals surface area contributed by atoms with E-state index in [4.69, 9.17) is 0 Å². The van der Waals surface area contributed by atoms with Crippen molar-refractivity contribution in [3.8, 4) is 0 Å². The van der Waals surface area contributed by atoms with Crippen molar-refractivity contribution in [1.82, 2.24) is 4.90 Å². The fourth-order valence-corrected chi connectivity index (χ4v) is 2.13. The van der Waals surface area contributed by atoms with Crippen molar-refractivity contribution in [3.63, 3.8) is 0 Å². The zero-order chi connectivity index (χ0) is 13.1. The summed E-state index contributed by atoms with van der Waals surface area (Å²) in [6.45, 7) is 5.30.